The smallest absolute Gasteiger partial charge is 0.0762 e. The van der Waals surface area contributed by atoms with Crippen molar-refractivity contribution in [3.8, 4) is 0 Å². The largest absolute Gasteiger partial charge is 0.304 e. The van der Waals surface area contributed by atoms with Crippen LogP contribution < -0.4 is 5.32 Å². The van der Waals surface area contributed by atoms with Crippen molar-refractivity contribution in [3.05, 3.63) is 52.8 Å². The molecule has 1 aromatic carbocycles. The summed E-state index contributed by atoms with van der Waals surface area (Å²) >= 11 is 5.86. The SMILES string of the molecule is C[C@@H](NCc1ccn(C)n1)c1ccc(Cl)cc1. The molecule has 0 saturated carbocycles. The number of hydrogen-bond donors (Lipinski definition) is 1. The highest BCUT2D eigenvalue weighted by Gasteiger charge is 2.05. The van der Waals surface area contributed by atoms with Crippen molar-refractivity contribution >= 4 is 11.6 Å². The molecule has 90 valence electrons. The summed E-state index contributed by atoms with van der Waals surface area (Å²) < 4.78 is 1.81. The molecule has 0 spiro atoms. The van der Waals surface area contributed by atoms with Gasteiger partial charge in [-0.2, -0.15) is 5.10 Å². The van der Waals surface area contributed by atoms with Gasteiger partial charge in [-0.05, 0) is 30.7 Å². The minimum absolute atomic E-state index is 0.286. The predicted molar refractivity (Wildman–Crippen MR) is 69.9 cm³/mol. The quantitative estimate of drug-likeness (QED) is 0.903. The molecule has 0 amide bonds. The zero-order valence-corrected chi connectivity index (χ0v) is 10.8. The highest BCUT2D eigenvalue weighted by molar-refractivity contribution is 6.30. The van der Waals surface area contributed by atoms with Crippen LogP contribution in [0.1, 0.15) is 24.2 Å². The Hall–Kier alpha value is -1.32. The lowest BCUT2D eigenvalue weighted by atomic mass is 10.1. The van der Waals surface area contributed by atoms with Crippen LogP contribution >= 0.6 is 11.6 Å². The first-order valence-electron chi connectivity index (χ1n) is 5.62. The normalized spacial score (nSPS) is 12.6. The summed E-state index contributed by atoms with van der Waals surface area (Å²) in [5, 5.41) is 8.52. The molecule has 17 heavy (non-hydrogen) atoms. The average Bonchev–Trinajstić information content (AvgIpc) is 2.73. The van der Waals surface area contributed by atoms with Crippen molar-refractivity contribution < 1.29 is 0 Å². The topological polar surface area (TPSA) is 29.9 Å². The average molecular weight is 250 g/mol. The van der Waals surface area contributed by atoms with Gasteiger partial charge in [-0.25, -0.2) is 0 Å². The summed E-state index contributed by atoms with van der Waals surface area (Å²) in [6.45, 7) is 2.90. The maximum Gasteiger partial charge on any atom is 0.0762 e. The monoisotopic (exact) mass is 249 g/mol. The Labute approximate surface area is 106 Å². The molecule has 0 aliphatic rings. The van der Waals surface area contributed by atoms with Crippen molar-refractivity contribution in [3.63, 3.8) is 0 Å². The van der Waals surface area contributed by atoms with E-state index in [1.54, 1.807) is 0 Å². The van der Waals surface area contributed by atoms with E-state index in [0.29, 0.717) is 0 Å². The fourth-order valence-corrected chi connectivity index (χ4v) is 1.81. The van der Waals surface area contributed by atoms with Crippen LogP contribution in [0.25, 0.3) is 0 Å². The van der Waals surface area contributed by atoms with Crippen molar-refractivity contribution in [2.45, 2.75) is 19.5 Å². The van der Waals surface area contributed by atoms with E-state index < -0.39 is 0 Å². The summed E-state index contributed by atoms with van der Waals surface area (Å²) in [5.41, 5.74) is 2.28. The lowest BCUT2D eigenvalue weighted by Gasteiger charge is -2.13. The Kier molecular flexibility index (Phi) is 3.82. The fraction of sp³-hybridized carbons (Fsp3) is 0.308. The zero-order valence-electron chi connectivity index (χ0n) is 10.0. The summed E-state index contributed by atoms with van der Waals surface area (Å²) in [6, 6.07) is 10.2. The molecule has 1 N–H and O–H groups in total. The van der Waals surface area contributed by atoms with Gasteiger partial charge in [-0.3, -0.25) is 4.68 Å². The minimum Gasteiger partial charge on any atom is -0.304 e. The molecule has 0 bridgehead atoms. The van der Waals surface area contributed by atoms with Gasteiger partial charge in [0.1, 0.15) is 0 Å². The zero-order chi connectivity index (χ0) is 12.3. The third kappa shape index (κ3) is 3.32. The number of aromatic nitrogens is 2. The molecular weight excluding hydrogens is 234 g/mol. The second kappa shape index (κ2) is 5.34. The molecule has 1 heterocycles. The van der Waals surface area contributed by atoms with Crippen LogP contribution in [-0.4, -0.2) is 9.78 Å². The molecule has 1 atom stereocenters. The Morgan fingerprint density at radius 2 is 2.00 bits per heavy atom. The highest BCUT2D eigenvalue weighted by Crippen LogP contribution is 2.16. The van der Waals surface area contributed by atoms with Gasteiger partial charge in [0.25, 0.3) is 0 Å². The van der Waals surface area contributed by atoms with Gasteiger partial charge in [0.2, 0.25) is 0 Å². The Morgan fingerprint density at radius 3 is 2.59 bits per heavy atom. The second-order valence-corrected chi connectivity index (χ2v) is 4.57. The summed E-state index contributed by atoms with van der Waals surface area (Å²) in [4.78, 5) is 0. The minimum atomic E-state index is 0.286. The maximum absolute atomic E-state index is 5.86. The summed E-state index contributed by atoms with van der Waals surface area (Å²) in [5.74, 6) is 0. The van der Waals surface area contributed by atoms with Crippen LogP contribution in [0.4, 0.5) is 0 Å². The third-order valence-corrected chi connectivity index (χ3v) is 2.98. The van der Waals surface area contributed by atoms with Gasteiger partial charge in [0, 0.05) is 30.9 Å². The molecule has 4 heteroatoms. The molecule has 0 unspecified atom stereocenters. The number of halogens is 1. The van der Waals surface area contributed by atoms with E-state index in [1.165, 1.54) is 5.56 Å². The van der Waals surface area contributed by atoms with Crippen LogP contribution in [0.3, 0.4) is 0 Å². The molecule has 0 aliphatic heterocycles. The number of hydrogen-bond acceptors (Lipinski definition) is 2. The fourth-order valence-electron chi connectivity index (χ4n) is 1.68. The molecule has 0 fully saturated rings. The molecule has 0 saturated heterocycles. The van der Waals surface area contributed by atoms with E-state index >= 15 is 0 Å². The third-order valence-electron chi connectivity index (χ3n) is 2.73. The first-order valence-corrected chi connectivity index (χ1v) is 6.00. The summed E-state index contributed by atoms with van der Waals surface area (Å²) in [6.07, 6.45) is 1.95. The number of nitrogens with zero attached hydrogens (tertiary/aromatic N) is 2. The first-order chi connectivity index (χ1) is 8.15. The molecular formula is C13H16ClN3. The first kappa shape index (κ1) is 12.1. The molecule has 2 aromatic rings. The molecule has 1 aromatic heterocycles. The van der Waals surface area contributed by atoms with Crippen LogP contribution in [0.2, 0.25) is 5.02 Å². The van der Waals surface area contributed by atoms with Crippen LogP contribution in [-0.2, 0) is 13.6 Å². The van der Waals surface area contributed by atoms with E-state index in [2.05, 4.69) is 17.3 Å². The van der Waals surface area contributed by atoms with Crippen molar-refractivity contribution in [1.29, 1.82) is 0 Å². The number of nitrogens with one attached hydrogen (secondary N) is 1. The van der Waals surface area contributed by atoms with Crippen molar-refractivity contribution in [1.82, 2.24) is 15.1 Å². The standard InChI is InChI=1S/C13H16ClN3/c1-10(11-3-5-12(14)6-4-11)15-9-13-7-8-17(2)16-13/h3-8,10,15H,9H2,1-2H3/t10-/m1/s1. The molecule has 0 aliphatic carbocycles. The van der Waals surface area contributed by atoms with Gasteiger partial charge >= 0.3 is 0 Å². The van der Waals surface area contributed by atoms with Crippen molar-refractivity contribution in [2.75, 3.05) is 0 Å². The molecule has 0 radical (unpaired) electrons. The lowest BCUT2D eigenvalue weighted by Crippen LogP contribution is -2.18. The number of rotatable bonds is 4. The number of aryl methyl sites for hydroxylation is 1. The van der Waals surface area contributed by atoms with Crippen molar-refractivity contribution in [2.24, 2.45) is 7.05 Å². The maximum atomic E-state index is 5.86. The van der Waals surface area contributed by atoms with Crippen LogP contribution in [0.15, 0.2) is 36.5 Å². The van der Waals surface area contributed by atoms with Gasteiger partial charge in [-0.15, -0.1) is 0 Å². The van der Waals surface area contributed by atoms with E-state index in [4.69, 9.17) is 11.6 Å². The Morgan fingerprint density at radius 1 is 1.29 bits per heavy atom. The van der Waals surface area contributed by atoms with Gasteiger partial charge in [0.15, 0.2) is 0 Å². The van der Waals surface area contributed by atoms with Crippen LogP contribution in [0.5, 0.6) is 0 Å². The second-order valence-electron chi connectivity index (χ2n) is 4.13. The van der Waals surface area contributed by atoms with E-state index in [-0.39, 0.29) is 6.04 Å². The summed E-state index contributed by atoms with van der Waals surface area (Å²) in [7, 11) is 1.92. The van der Waals surface area contributed by atoms with Gasteiger partial charge < -0.3 is 5.32 Å². The number of benzene rings is 1. The predicted octanol–water partition coefficient (Wildman–Crippen LogP) is 2.92. The highest BCUT2D eigenvalue weighted by atomic mass is 35.5. The lowest BCUT2D eigenvalue weighted by molar-refractivity contribution is 0.562. The Bertz CT molecular complexity index is 476. The van der Waals surface area contributed by atoms with Gasteiger partial charge in [-0.1, -0.05) is 23.7 Å². The van der Waals surface area contributed by atoms with E-state index in [1.807, 2.05) is 48.3 Å². The molecule has 3 nitrogen and oxygen atoms in total. The van der Waals surface area contributed by atoms with E-state index in [9.17, 15) is 0 Å². The Balaban J connectivity index is 1.93. The van der Waals surface area contributed by atoms with Crippen LogP contribution in [0, 0.1) is 0 Å². The molecule has 2 rings (SSSR count). The van der Waals surface area contributed by atoms with Gasteiger partial charge in [0.05, 0.1) is 5.69 Å². The van der Waals surface area contributed by atoms with E-state index in [0.717, 1.165) is 17.3 Å².